The van der Waals surface area contributed by atoms with Crippen LogP contribution in [0.15, 0.2) is 22.7 Å². The number of halogens is 1. The van der Waals surface area contributed by atoms with Crippen LogP contribution >= 0.6 is 15.9 Å². The molecule has 18 heavy (non-hydrogen) atoms. The lowest BCUT2D eigenvalue weighted by Crippen LogP contribution is -2.27. The maximum Gasteiger partial charge on any atom is 0.102 e. The highest BCUT2D eigenvalue weighted by molar-refractivity contribution is 9.10. The molecule has 4 nitrogen and oxygen atoms in total. The van der Waals surface area contributed by atoms with Crippen molar-refractivity contribution < 1.29 is 9.47 Å². The van der Waals surface area contributed by atoms with Gasteiger partial charge < -0.3 is 14.4 Å². The Morgan fingerprint density at radius 2 is 1.89 bits per heavy atom. The summed E-state index contributed by atoms with van der Waals surface area (Å²) in [6.07, 6.45) is 0.0843. The normalized spacial score (nSPS) is 23.1. The number of hydrogen-bond acceptors (Lipinski definition) is 4. The summed E-state index contributed by atoms with van der Waals surface area (Å²) >= 11 is 3.44. The average Bonchev–Trinajstić information content (AvgIpc) is 2.81. The van der Waals surface area contributed by atoms with Crippen LogP contribution in [0.1, 0.15) is 5.56 Å². The lowest BCUT2D eigenvalue weighted by molar-refractivity contribution is -0.00461. The Bertz CT molecular complexity index is 461. The van der Waals surface area contributed by atoms with Gasteiger partial charge >= 0.3 is 0 Å². The second-order valence-corrected chi connectivity index (χ2v) is 5.14. The first-order valence-corrected chi connectivity index (χ1v) is 6.49. The number of hydrogen-bond donors (Lipinski definition) is 0. The molecule has 2 unspecified atom stereocenters. The van der Waals surface area contributed by atoms with Crippen LogP contribution in [0.25, 0.3) is 0 Å². The van der Waals surface area contributed by atoms with Gasteiger partial charge in [-0.25, -0.2) is 0 Å². The number of benzene rings is 1. The Kier molecular flexibility index (Phi) is 4.23. The maximum atomic E-state index is 9.16. The van der Waals surface area contributed by atoms with Gasteiger partial charge in [-0.05, 0) is 18.2 Å². The van der Waals surface area contributed by atoms with E-state index >= 15 is 0 Å². The molecule has 0 aromatic heterocycles. The van der Waals surface area contributed by atoms with E-state index in [2.05, 4.69) is 26.9 Å². The lowest BCUT2D eigenvalue weighted by Gasteiger charge is -2.19. The van der Waals surface area contributed by atoms with Crippen LogP contribution in [0.2, 0.25) is 0 Å². The lowest BCUT2D eigenvalue weighted by atomic mass is 10.2. The molecule has 1 aliphatic heterocycles. The van der Waals surface area contributed by atoms with Gasteiger partial charge in [0.1, 0.15) is 18.3 Å². The van der Waals surface area contributed by atoms with Crippen LogP contribution in [-0.4, -0.2) is 39.5 Å². The van der Waals surface area contributed by atoms with Crippen LogP contribution in [0, 0.1) is 11.3 Å². The predicted octanol–water partition coefficient (Wildman–Crippen LogP) is 2.17. The standard InChI is InChI=1S/C13H15BrN2O2/c1-17-12-7-16(8-13(12)18-2)11-5-10(14)4-3-9(11)6-15/h3-5,12-13H,7-8H2,1-2H3. The fraction of sp³-hybridized carbons (Fsp3) is 0.462. The van der Waals surface area contributed by atoms with Gasteiger partial charge in [-0.1, -0.05) is 15.9 Å². The minimum atomic E-state index is 0.0422. The number of rotatable bonds is 3. The maximum absolute atomic E-state index is 9.16. The number of nitrogens with zero attached hydrogens (tertiary/aromatic N) is 2. The Balaban J connectivity index is 2.28. The van der Waals surface area contributed by atoms with E-state index in [-0.39, 0.29) is 12.2 Å². The number of methoxy groups -OCH3 is 2. The molecule has 0 saturated carbocycles. The molecule has 1 saturated heterocycles. The van der Waals surface area contributed by atoms with Crippen LogP contribution in [0.4, 0.5) is 5.69 Å². The quantitative estimate of drug-likeness (QED) is 0.858. The minimum absolute atomic E-state index is 0.0422. The zero-order valence-electron chi connectivity index (χ0n) is 10.4. The third-order valence-electron chi connectivity index (χ3n) is 3.24. The molecule has 0 N–H and O–H groups in total. The van der Waals surface area contributed by atoms with Crippen molar-refractivity contribution in [2.75, 3.05) is 32.2 Å². The first kappa shape index (κ1) is 13.3. The largest absolute Gasteiger partial charge is 0.377 e. The van der Waals surface area contributed by atoms with E-state index in [1.807, 2.05) is 18.2 Å². The summed E-state index contributed by atoms with van der Waals surface area (Å²) in [5.41, 5.74) is 1.60. The number of nitriles is 1. The van der Waals surface area contributed by atoms with E-state index in [9.17, 15) is 0 Å². The van der Waals surface area contributed by atoms with E-state index in [0.717, 1.165) is 23.2 Å². The van der Waals surface area contributed by atoms with Crippen molar-refractivity contribution in [3.63, 3.8) is 0 Å². The molecule has 0 aliphatic carbocycles. The van der Waals surface area contributed by atoms with E-state index < -0.39 is 0 Å². The van der Waals surface area contributed by atoms with Gasteiger partial charge in [0.15, 0.2) is 0 Å². The van der Waals surface area contributed by atoms with Gasteiger partial charge in [0.2, 0.25) is 0 Å². The average molecular weight is 311 g/mol. The Labute approximate surface area is 115 Å². The molecule has 1 aromatic carbocycles. The van der Waals surface area contributed by atoms with Gasteiger partial charge in [0.25, 0.3) is 0 Å². The number of ether oxygens (including phenoxy) is 2. The molecule has 1 aromatic rings. The number of anilines is 1. The van der Waals surface area contributed by atoms with Gasteiger partial charge in [-0.15, -0.1) is 0 Å². The molecule has 96 valence electrons. The second-order valence-electron chi connectivity index (χ2n) is 4.23. The Morgan fingerprint density at radius 1 is 1.28 bits per heavy atom. The summed E-state index contributed by atoms with van der Waals surface area (Å²) in [4.78, 5) is 2.13. The summed E-state index contributed by atoms with van der Waals surface area (Å²) in [5.74, 6) is 0. The zero-order valence-corrected chi connectivity index (χ0v) is 12.0. The third-order valence-corrected chi connectivity index (χ3v) is 3.74. The van der Waals surface area contributed by atoms with E-state index in [1.165, 1.54) is 0 Å². The van der Waals surface area contributed by atoms with Crippen LogP contribution in [-0.2, 0) is 9.47 Å². The Morgan fingerprint density at radius 3 is 2.39 bits per heavy atom. The van der Waals surface area contributed by atoms with Crippen molar-refractivity contribution in [2.24, 2.45) is 0 Å². The van der Waals surface area contributed by atoms with Crippen LogP contribution < -0.4 is 4.90 Å². The van der Waals surface area contributed by atoms with Crippen molar-refractivity contribution in [2.45, 2.75) is 12.2 Å². The Hall–Kier alpha value is -1.09. The van der Waals surface area contributed by atoms with Crippen molar-refractivity contribution >= 4 is 21.6 Å². The van der Waals surface area contributed by atoms with E-state index in [0.29, 0.717) is 5.56 Å². The summed E-state index contributed by atoms with van der Waals surface area (Å²) in [6.45, 7) is 1.47. The molecule has 1 fully saturated rings. The SMILES string of the molecule is COC1CN(c2cc(Br)ccc2C#N)CC1OC. The summed E-state index contributed by atoms with van der Waals surface area (Å²) in [5, 5.41) is 9.16. The molecule has 0 radical (unpaired) electrons. The summed E-state index contributed by atoms with van der Waals surface area (Å²) in [6, 6.07) is 7.88. The smallest absolute Gasteiger partial charge is 0.102 e. The topological polar surface area (TPSA) is 45.5 Å². The monoisotopic (exact) mass is 310 g/mol. The molecule has 2 atom stereocenters. The highest BCUT2D eigenvalue weighted by Crippen LogP contribution is 2.29. The molecular weight excluding hydrogens is 296 g/mol. The molecule has 0 amide bonds. The second kappa shape index (κ2) is 5.70. The first-order valence-electron chi connectivity index (χ1n) is 5.69. The summed E-state index contributed by atoms with van der Waals surface area (Å²) in [7, 11) is 3.37. The van der Waals surface area contributed by atoms with Crippen molar-refractivity contribution in [1.29, 1.82) is 5.26 Å². The van der Waals surface area contributed by atoms with Crippen LogP contribution in [0.5, 0.6) is 0 Å². The zero-order chi connectivity index (χ0) is 13.1. The fourth-order valence-electron chi connectivity index (χ4n) is 2.25. The third kappa shape index (κ3) is 2.51. The van der Waals surface area contributed by atoms with Crippen LogP contribution in [0.3, 0.4) is 0 Å². The van der Waals surface area contributed by atoms with Gasteiger partial charge in [0.05, 0.1) is 11.3 Å². The van der Waals surface area contributed by atoms with Crippen molar-refractivity contribution in [3.05, 3.63) is 28.2 Å². The van der Waals surface area contributed by atoms with Crippen molar-refractivity contribution in [1.82, 2.24) is 0 Å². The van der Waals surface area contributed by atoms with Crippen molar-refractivity contribution in [3.8, 4) is 6.07 Å². The molecule has 1 heterocycles. The highest BCUT2D eigenvalue weighted by atomic mass is 79.9. The molecule has 5 heteroatoms. The van der Waals surface area contributed by atoms with Gasteiger partial charge in [-0.2, -0.15) is 5.26 Å². The van der Waals surface area contributed by atoms with Gasteiger partial charge in [0, 0.05) is 31.8 Å². The molecule has 0 bridgehead atoms. The highest BCUT2D eigenvalue weighted by Gasteiger charge is 2.33. The predicted molar refractivity (Wildman–Crippen MR) is 72.7 cm³/mol. The van der Waals surface area contributed by atoms with E-state index in [1.54, 1.807) is 14.2 Å². The first-order chi connectivity index (χ1) is 8.69. The van der Waals surface area contributed by atoms with E-state index in [4.69, 9.17) is 14.7 Å². The fourth-order valence-corrected chi connectivity index (χ4v) is 2.60. The molecular formula is C13H15BrN2O2. The molecule has 0 spiro atoms. The molecule has 2 rings (SSSR count). The summed E-state index contributed by atoms with van der Waals surface area (Å²) < 4.78 is 11.8. The minimum Gasteiger partial charge on any atom is -0.377 e. The molecule has 1 aliphatic rings. The van der Waals surface area contributed by atoms with Gasteiger partial charge in [-0.3, -0.25) is 0 Å².